The Hall–Kier alpha value is -0.870. The van der Waals surface area contributed by atoms with Crippen molar-refractivity contribution in [3.63, 3.8) is 0 Å². The van der Waals surface area contributed by atoms with E-state index in [1.807, 2.05) is 18.2 Å². The summed E-state index contributed by atoms with van der Waals surface area (Å²) in [5.74, 6) is 0. The summed E-state index contributed by atoms with van der Waals surface area (Å²) in [6, 6.07) is 6.05. The number of nitrogens with one attached hydrogen (secondary N) is 1. The molecule has 13 heavy (non-hydrogen) atoms. The van der Waals surface area contributed by atoms with Crippen LogP contribution in [-0.2, 0) is 6.42 Å². The number of nitrogens with two attached hydrogens (primary N) is 1. The minimum atomic E-state index is 0.646. The Bertz CT molecular complexity index is 422. The van der Waals surface area contributed by atoms with Gasteiger partial charge in [-0.2, -0.15) is 5.10 Å². The fourth-order valence-corrected chi connectivity index (χ4v) is 1.72. The smallest absolute Gasteiger partial charge is 0.0934 e. The molecule has 4 heteroatoms. The molecule has 1 aromatic carbocycles. The summed E-state index contributed by atoms with van der Waals surface area (Å²) < 4.78 is 1.05. The Morgan fingerprint density at radius 1 is 1.46 bits per heavy atom. The fraction of sp³-hybridized carbons (Fsp3) is 0.222. The zero-order valence-electron chi connectivity index (χ0n) is 7.05. The molecule has 0 aliphatic rings. The first-order chi connectivity index (χ1) is 6.31. The molecule has 0 saturated carbocycles. The number of aromatic nitrogens is 2. The van der Waals surface area contributed by atoms with Gasteiger partial charge in [-0.15, -0.1) is 0 Å². The molecule has 0 radical (unpaired) electrons. The van der Waals surface area contributed by atoms with Crippen molar-refractivity contribution < 1.29 is 0 Å². The molecule has 0 fully saturated rings. The molecule has 68 valence electrons. The average Bonchev–Trinajstić information content (AvgIpc) is 2.49. The summed E-state index contributed by atoms with van der Waals surface area (Å²) in [5, 5.41) is 8.34. The Kier molecular flexibility index (Phi) is 2.33. The third-order valence-corrected chi connectivity index (χ3v) is 2.48. The van der Waals surface area contributed by atoms with Gasteiger partial charge in [-0.1, -0.05) is 15.9 Å². The van der Waals surface area contributed by atoms with Crippen LogP contribution in [0.15, 0.2) is 22.7 Å². The Morgan fingerprint density at radius 2 is 2.31 bits per heavy atom. The number of H-pyrrole nitrogens is 1. The quantitative estimate of drug-likeness (QED) is 0.841. The molecular formula is C9H10BrN3. The molecule has 2 rings (SSSR count). The first kappa shape index (κ1) is 8.72. The van der Waals surface area contributed by atoms with Gasteiger partial charge in [0.15, 0.2) is 0 Å². The summed E-state index contributed by atoms with van der Waals surface area (Å²) in [4.78, 5) is 0. The lowest BCUT2D eigenvalue weighted by atomic mass is 10.2. The minimum Gasteiger partial charge on any atom is -0.330 e. The normalized spacial score (nSPS) is 10.9. The number of halogens is 1. The van der Waals surface area contributed by atoms with Gasteiger partial charge in [0.25, 0.3) is 0 Å². The van der Waals surface area contributed by atoms with E-state index in [2.05, 4.69) is 26.1 Å². The molecule has 0 aliphatic carbocycles. The van der Waals surface area contributed by atoms with Gasteiger partial charge in [-0.3, -0.25) is 5.10 Å². The maximum absolute atomic E-state index is 5.48. The first-order valence-electron chi connectivity index (χ1n) is 4.14. The van der Waals surface area contributed by atoms with Crippen molar-refractivity contribution in [3.05, 3.63) is 28.4 Å². The fourth-order valence-electron chi connectivity index (χ4n) is 1.38. The first-order valence-corrected chi connectivity index (χ1v) is 4.93. The Morgan fingerprint density at radius 3 is 3.08 bits per heavy atom. The van der Waals surface area contributed by atoms with Crippen LogP contribution in [0.5, 0.6) is 0 Å². The van der Waals surface area contributed by atoms with Crippen molar-refractivity contribution >= 4 is 26.8 Å². The zero-order chi connectivity index (χ0) is 9.26. The second-order valence-corrected chi connectivity index (χ2v) is 3.82. The van der Waals surface area contributed by atoms with Crippen molar-refractivity contribution in [2.75, 3.05) is 6.54 Å². The zero-order valence-corrected chi connectivity index (χ0v) is 8.63. The van der Waals surface area contributed by atoms with Gasteiger partial charge in [0.2, 0.25) is 0 Å². The third-order valence-electron chi connectivity index (χ3n) is 1.99. The second-order valence-electron chi connectivity index (χ2n) is 2.90. The van der Waals surface area contributed by atoms with Crippen LogP contribution in [0.1, 0.15) is 5.69 Å². The van der Waals surface area contributed by atoms with Crippen LogP contribution >= 0.6 is 15.9 Å². The van der Waals surface area contributed by atoms with Crippen molar-refractivity contribution in [1.29, 1.82) is 0 Å². The van der Waals surface area contributed by atoms with E-state index in [1.54, 1.807) is 0 Å². The Labute approximate surface area is 84.4 Å². The average molecular weight is 240 g/mol. The van der Waals surface area contributed by atoms with E-state index in [4.69, 9.17) is 5.73 Å². The van der Waals surface area contributed by atoms with Gasteiger partial charge in [0.05, 0.1) is 5.52 Å². The van der Waals surface area contributed by atoms with Gasteiger partial charge < -0.3 is 5.73 Å². The van der Waals surface area contributed by atoms with E-state index in [0.29, 0.717) is 6.54 Å². The molecule has 0 saturated heterocycles. The van der Waals surface area contributed by atoms with Crippen molar-refractivity contribution in [2.45, 2.75) is 6.42 Å². The van der Waals surface area contributed by atoms with Crippen LogP contribution in [0.3, 0.4) is 0 Å². The number of aromatic amines is 1. The summed E-state index contributed by atoms with van der Waals surface area (Å²) >= 11 is 3.40. The Balaban J connectivity index is 2.55. The monoisotopic (exact) mass is 239 g/mol. The van der Waals surface area contributed by atoms with Crippen LogP contribution in [0, 0.1) is 0 Å². The SMILES string of the molecule is NCCc1[nH]nc2cc(Br)ccc12. The van der Waals surface area contributed by atoms with Crippen molar-refractivity contribution in [3.8, 4) is 0 Å². The highest BCUT2D eigenvalue weighted by atomic mass is 79.9. The maximum Gasteiger partial charge on any atom is 0.0934 e. The standard InChI is InChI=1S/C9H10BrN3/c10-6-1-2-7-8(3-4-11)12-13-9(7)5-6/h1-2,5H,3-4,11H2,(H,12,13). The van der Waals surface area contributed by atoms with E-state index < -0.39 is 0 Å². The van der Waals surface area contributed by atoms with E-state index in [0.717, 1.165) is 27.5 Å². The number of rotatable bonds is 2. The number of benzene rings is 1. The molecule has 2 aromatic rings. The minimum absolute atomic E-state index is 0.646. The lowest BCUT2D eigenvalue weighted by Crippen LogP contribution is -2.03. The number of hydrogen-bond acceptors (Lipinski definition) is 2. The number of fused-ring (bicyclic) bond motifs is 1. The summed E-state index contributed by atoms with van der Waals surface area (Å²) in [7, 11) is 0. The summed E-state index contributed by atoms with van der Waals surface area (Å²) in [6.07, 6.45) is 0.845. The topological polar surface area (TPSA) is 54.7 Å². The van der Waals surface area contributed by atoms with Gasteiger partial charge in [-0.25, -0.2) is 0 Å². The molecule has 1 heterocycles. The highest BCUT2D eigenvalue weighted by molar-refractivity contribution is 9.10. The van der Waals surface area contributed by atoms with E-state index in [-0.39, 0.29) is 0 Å². The van der Waals surface area contributed by atoms with E-state index >= 15 is 0 Å². The molecule has 0 spiro atoms. The van der Waals surface area contributed by atoms with Crippen LogP contribution in [0.25, 0.3) is 10.9 Å². The summed E-state index contributed by atoms with van der Waals surface area (Å²) in [6.45, 7) is 0.646. The molecule has 0 unspecified atom stereocenters. The highest BCUT2D eigenvalue weighted by Gasteiger charge is 2.03. The predicted octanol–water partition coefficient (Wildman–Crippen LogP) is 1.83. The molecule has 1 aromatic heterocycles. The number of nitrogens with zero attached hydrogens (tertiary/aromatic N) is 1. The largest absolute Gasteiger partial charge is 0.330 e. The second kappa shape index (κ2) is 3.47. The van der Waals surface area contributed by atoms with Gasteiger partial charge in [-0.05, 0) is 24.7 Å². The molecule has 3 N–H and O–H groups in total. The van der Waals surface area contributed by atoms with E-state index in [1.165, 1.54) is 0 Å². The van der Waals surface area contributed by atoms with Crippen LogP contribution in [0.2, 0.25) is 0 Å². The lowest BCUT2D eigenvalue weighted by molar-refractivity contribution is 0.909. The number of hydrogen-bond donors (Lipinski definition) is 2. The highest BCUT2D eigenvalue weighted by Crippen LogP contribution is 2.20. The van der Waals surface area contributed by atoms with E-state index in [9.17, 15) is 0 Å². The molecule has 0 bridgehead atoms. The molecule has 0 aliphatic heterocycles. The van der Waals surface area contributed by atoms with Gasteiger partial charge in [0.1, 0.15) is 0 Å². The van der Waals surface area contributed by atoms with Crippen LogP contribution in [-0.4, -0.2) is 16.7 Å². The lowest BCUT2D eigenvalue weighted by Gasteiger charge is -1.94. The van der Waals surface area contributed by atoms with Gasteiger partial charge in [0, 0.05) is 22.0 Å². The molecular weight excluding hydrogens is 230 g/mol. The summed E-state index contributed by atoms with van der Waals surface area (Å²) in [5.41, 5.74) is 7.58. The van der Waals surface area contributed by atoms with Crippen molar-refractivity contribution in [2.24, 2.45) is 5.73 Å². The molecule has 0 atom stereocenters. The predicted molar refractivity (Wildman–Crippen MR) is 56.6 cm³/mol. The molecule has 3 nitrogen and oxygen atoms in total. The van der Waals surface area contributed by atoms with Crippen LogP contribution in [0.4, 0.5) is 0 Å². The molecule has 0 amide bonds. The maximum atomic E-state index is 5.48. The van der Waals surface area contributed by atoms with Crippen LogP contribution < -0.4 is 5.73 Å². The van der Waals surface area contributed by atoms with Crippen molar-refractivity contribution in [1.82, 2.24) is 10.2 Å². The van der Waals surface area contributed by atoms with Gasteiger partial charge >= 0.3 is 0 Å². The third kappa shape index (κ3) is 1.59.